The summed E-state index contributed by atoms with van der Waals surface area (Å²) in [5, 5.41) is 16.6. The summed E-state index contributed by atoms with van der Waals surface area (Å²) in [6.07, 6.45) is 1.69. The van der Waals surface area contributed by atoms with Crippen molar-refractivity contribution in [2.24, 2.45) is 0 Å². The molecule has 0 saturated heterocycles. The number of aromatic nitrogens is 2. The third kappa shape index (κ3) is 4.17. The third-order valence-corrected chi connectivity index (χ3v) is 5.42. The lowest BCUT2D eigenvalue weighted by Gasteiger charge is -2.06. The number of anilines is 1. The first-order valence-corrected chi connectivity index (χ1v) is 10.5. The Kier molecular flexibility index (Phi) is 5.73. The standard InChI is InChI=1S/C24H20N4OS/c1-3-29-20-11-9-17(10-12-20)22-15-30-24(28-22)19(13-25)14-26-21-6-4-5-18-8-7-16(2)27-23(18)21/h4-12,14-15,26H,3H2,1-2H3. The number of pyridine rings is 1. The molecule has 0 atom stereocenters. The largest absolute Gasteiger partial charge is 0.494 e. The summed E-state index contributed by atoms with van der Waals surface area (Å²) in [6, 6.07) is 20.0. The molecule has 0 aliphatic heterocycles. The molecule has 0 spiro atoms. The van der Waals surface area contributed by atoms with E-state index < -0.39 is 0 Å². The van der Waals surface area contributed by atoms with Crippen molar-refractivity contribution >= 4 is 33.5 Å². The molecule has 5 nitrogen and oxygen atoms in total. The van der Waals surface area contributed by atoms with Crippen molar-refractivity contribution in [3.63, 3.8) is 0 Å². The van der Waals surface area contributed by atoms with Crippen molar-refractivity contribution in [2.45, 2.75) is 13.8 Å². The highest BCUT2D eigenvalue weighted by atomic mass is 32.1. The molecule has 2 aromatic heterocycles. The SMILES string of the molecule is CCOc1ccc(-c2csc(C(C#N)=CNc3cccc4ccc(C)nc34)n2)cc1. The second kappa shape index (κ2) is 8.76. The van der Waals surface area contributed by atoms with Gasteiger partial charge in [0, 0.05) is 28.2 Å². The third-order valence-electron chi connectivity index (χ3n) is 4.55. The fourth-order valence-electron chi connectivity index (χ4n) is 3.07. The smallest absolute Gasteiger partial charge is 0.136 e. The van der Waals surface area contributed by atoms with Crippen LogP contribution in [0.25, 0.3) is 27.7 Å². The zero-order valence-corrected chi connectivity index (χ0v) is 17.5. The molecule has 0 bridgehead atoms. The molecule has 4 rings (SSSR count). The molecule has 2 aromatic carbocycles. The Hall–Kier alpha value is -3.69. The van der Waals surface area contributed by atoms with Gasteiger partial charge in [-0.05, 0) is 50.2 Å². The van der Waals surface area contributed by atoms with Crippen molar-refractivity contribution < 1.29 is 4.74 Å². The van der Waals surface area contributed by atoms with Gasteiger partial charge in [-0.2, -0.15) is 5.26 Å². The quantitative estimate of drug-likeness (QED) is 0.391. The maximum atomic E-state index is 9.67. The highest BCUT2D eigenvalue weighted by Gasteiger charge is 2.10. The molecule has 0 aliphatic carbocycles. The van der Waals surface area contributed by atoms with Crippen molar-refractivity contribution in [3.8, 4) is 23.1 Å². The van der Waals surface area contributed by atoms with Crippen LogP contribution in [0.15, 0.2) is 66.2 Å². The van der Waals surface area contributed by atoms with Crippen LogP contribution in [0.4, 0.5) is 5.69 Å². The normalized spacial score (nSPS) is 11.3. The van der Waals surface area contributed by atoms with E-state index in [1.165, 1.54) is 11.3 Å². The number of benzene rings is 2. The Bertz CT molecular complexity index is 1250. The minimum Gasteiger partial charge on any atom is -0.494 e. The van der Waals surface area contributed by atoms with Crippen molar-refractivity contribution in [3.05, 3.63) is 76.9 Å². The van der Waals surface area contributed by atoms with Crippen LogP contribution in [0.3, 0.4) is 0 Å². The lowest BCUT2D eigenvalue weighted by molar-refractivity contribution is 0.340. The van der Waals surface area contributed by atoms with Crippen LogP contribution in [-0.2, 0) is 0 Å². The first-order valence-electron chi connectivity index (χ1n) is 9.60. The monoisotopic (exact) mass is 412 g/mol. The molecule has 4 aromatic rings. The number of nitriles is 1. The van der Waals surface area contributed by atoms with Crippen LogP contribution in [0.1, 0.15) is 17.6 Å². The Labute approximate surface area is 179 Å². The number of hydrogen-bond donors (Lipinski definition) is 1. The predicted octanol–water partition coefficient (Wildman–Crippen LogP) is 6.04. The summed E-state index contributed by atoms with van der Waals surface area (Å²) >= 11 is 1.44. The molecular weight excluding hydrogens is 392 g/mol. The van der Waals surface area contributed by atoms with Gasteiger partial charge in [0.25, 0.3) is 0 Å². The number of allylic oxidation sites excluding steroid dienone is 1. The second-order valence-corrected chi connectivity index (χ2v) is 7.50. The fourth-order valence-corrected chi connectivity index (χ4v) is 3.87. The molecule has 148 valence electrons. The second-order valence-electron chi connectivity index (χ2n) is 6.64. The number of ether oxygens (including phenoxy) is 1. The van der Waals surface area contributed by atoms with Gasteiger partial charge in [0.05, 0.1) is 23.5 Å². The van der Waals surface area contributed by atoms with Gasteiger partial charge in [-0.15, -0.1) is 11.3 Å². The summed E-state index contributed by atoms with van der Waals surface area (Å²) in [5.74, 6) is 0.831. The van der Waals surface area contributed by atoms with E-state index in [9.17, 15) is 5.26 Å². The molecule has 6 heteroatoms. The van der Waals surface area contributed by atoms with Crippen molar-refractivity contribution in [1.82, 2.24) is 9.97 Å². The van der Waals surface area contributed by atoms with Gasteiger partial charge in [-0.1, -0.05) is 18.2 Å². The lowest BCUT2D eigenvalue weighted by atomic mass is 10.1. The average Bonchev–Trinajstić information content (AvgIpc) is 3.25. The first kappa shape index (κ1) is 19.6. The van der Waals surface area contributed by atoms with Crippen LogP contribution < -0.4 is 10.1 Å². The number of thiazole rings is 1. The van der Waals surface area contributed by atoms with Gasteiger partial charge in [0.15, 0.2) is 0 Å². The van der Waals surface area contributed by atoms with E-state index in [4.69, 9.17) is 4.74 Å². The summed E-state index contributed by atoms with van der Waals surface area (Å²) in [7, 11) is 0. The molecule has 0 saturated carbocycles. The van der Waals surface area contributed by atoms with Gasteiger partial charge >= 0.3 is 0 Å². The fraction of sp³-hybridized carbons (Fsp3) is 0.125. The average molecular weight is 413 g/mol. The minimum absolute atomic E-state index is 0.474. The number of fused-ring (bicyclic) bond motifs is 1. The van der Waals surface area contributed by atoms with E-state index in [2.05, 4.69) is 21.4 Å². The van der Waals surface area contributed by atoms with E-state index in [1.807, 2.05) is 73.8 Å². The highest BCUT2D eigenvalue weighted by molar-refractivity contribution is 7.11. The number of nitrogens with zero attached hydrogens (tertiary/aromatic N) is 3. The molecule has 0 unspecified atom stereocenters. The summed E-state index contributed by atoms with van der Waals surface area (Å²) in [6.45, 7) is 4.56. The minimum atomic E-state index is 0.474. The number of hydrogen-bond acceptors (Lipinski definition) is 6. The summed E-state index contributed by atoms with van der Waals surface area (Å²) in [4.78, 5) is 9.27. The van der Waals surface area contributed by atoms with Gasteiger partial charge in [-0.3, -0.25) is 4.98 Å². The topological polar surface area (TPSA) is 70.8 Å². The highest BCUT2D eigenvalue weighted by Crippen LogP contribution is 2.28. The molecule has 1 N–H and O–H groups in total. The van der Waals surface area contributed by atoms with Gasteiger partial charge < -0.3 is 10.1 Å². The van der Waals surface area contributed by atoms with E-state index >= 15 is 0 Å². The van der Waals surface area contributed by atoms with Gasteiger partial charge in [0.1, 0.15) is 22.4 Å². The Morgan fingerprint density at radius 1 is 1.13 bits per heavy atom. The molecule has 0 fully saturated rings. The van der Waals surface area contributed by atoms with Crippen LogP contribution in [0.5, 0.6) is 5.75 Å². The predicted molar refractivity (Wildman–Crippen MR) is 122 cm³/mol. The van der Waals surface area contributed by atoms with Crippen LogP contribution in [0, 0.1) is 18.3 Å². The molecule has 0 aliphatic rings. The zero-order valence-electron chi connectivity index (χ0n) is 16.7. The zero-order chi connectivity index (χ0) is 20.9. The number of nitrogens with one attached hydrogen (secondary N) is 1. The first-order chi connectivity index (χ1) is 14.7. The van der Waals surface area contributed by atoms with E-state index in [0.717, 1.165) is 39.3 Å². The summed E-state index contributed by atoms with van der Waals surface area (Å²) in [5.41, 5.74) is 4.97. The summed E-state index contributed by atoms with van der Waals surface area (Å²) < 4.78 is 5.49. The van der Waals surface area contributed by atoms with Crippen LogP contribution in [-0.4, -0.2) is 16.6 Å². The molecule has 2 heterocycles. The van der Waals surface area contributed by atoms with E-state index in [0.29, 0.717) is 17.2 Å². The van der Waals surface area contributed by atoms with Gasteiger partial charge in [0.2, 0.25) is 0 Å². The van der Waals surface area contributed by atoms with Crippen molar-refractivity contribution in [2.75, 3.05) is 11.9 Å². The number of rotatable bonds is 6. The number of aryl methyl sites for hydroxylation is 1. The van der Waals surface area contributed by atoms with Crippen molar-refractivity contribution in [1.29, 1.82) is 5.26 Å². The molecule has 0 amide bonds. The van der Waals surface area contributed by atoms with E-state index in [-0.39, 0.29) is 0 Å². The molecule has 30 heavy (non-hydrogen) atoms. The molecular formula is C24H20N4OS. The Morgan fingerprint density at radius 2 is 1.97 bits per heavy atom. The lowest BCUT2D eigenvalue weighted by Crippen LogP contribution is -1.94. The van der Waals surface area contributed by atoms with Crippen LogP contribution >= 0.6 is 11.3 Å². The van der Waals surface area contributed by atoms with Gasteiger partial charge in [-0.25, -0.2) is 4.98 Å². The molecule has 0 radical (unpaired) electrons. The Balaban J connectivity index is 1.59. The maximum absolute atomic E-state index is 9.67. The maximum Gasteiger partial charge on any atom is 0.136 e. The van der Waals surface area contributed by atoms with E-state index in [1.54, 1.807) is 6.20 Å². The Morgan fingerprint density at radius 3 is 2.73 bits per heavy atom. The number of para-hydroxylation sites is 1. The van der Waals surface area contributed by atoms with Crippen LogP contribution in [0.2, 0.25) is 0 Å².